The van der Waals surface area contributed by atoms with Crippen molar-refractivity contribution in [3.63, 3.8) is 0 Å². The molecule has 0 saturated carbocycles. The average molecular weight is 428 g/mol. The van der Waals surface area contributed by atoms with E-state index in [9.17, 15) is 14.0 Å². The van der Waals surface area contributed by atoms with Crippen molar-refractivity contribution in [1.29, 1.82) is 0 Å². The number of pyridine rings is 1. The molecule has 1 N–H and O–H groups in total. The summed E-state index contributed by atoms with van der Waals surface area (Å²) in [6.45, 7) is 3.35. The minimum absolute atomic E-state index is 0.119. The molecule has 3 aromatic rings. The molecule has 1 aliphatic heterocycles. The first kappa shape index (κ1) is 20.6. The van der Waals surface area contributed by atoms with E-state index in [1.807, 2.05) is 24.3 Å². The lowest BCUT2D eigenvalue weighted by Gasteiger charge is -2.26. The van der Waals surface area contributed by atoms with E-state index < -0.39 is 17.2 Å². The maximum Gasteiger partial charge on any atom is 0.274 e. The number of H-pyrrole nitrogens is 1. The van der Waals surface area contributed by atoms with Gasteiger partial charge >= 0.3 is 0 Å². The molecule has 156 valence electrons. The maximum absolute atomic E-state index is 13.5. The van der Waals surface area contributed by atoms with E-state index in [-0.39, 0.29) is 17.5 Å². The SMILES string of the molecule is O=C(c1c[nH]c2ccc(F)cc2c1=O)N(Cl)Cc1ccc(CN2CCCCC2)cc1. The van der Waals surface area contributed by atoms with Crippen molar-refractivity contribution in [3.05, 3.63) is 81.4 Å². The lowest BCUT2D eigenvalue weighted by Crippen LogP contribution is -2.29. The van der Waals surface area contributed by atoms with Crippen LogP contribution in [0.5, 0.6) is 0 Å². The standard InChI is InChI=1S/C23H23ClFN3O2/c24-28(15-17-6-4-16(5-7-17)14-27-10-2-1-3-11-27)23(30)20-13-26-21-9-8-18(25)12-19(21)22(20)29/h4-9,12-13H,1-3,10-11,14-15H2,(H,26,29). The monoisotopic (exact) mass is 427 g/mol. The van der Waals surface area contributed by atoms with Gasteiger partial charge in [0.15, 0.2) is 0 Å². The number of rotatable bonds is 5. The molecule has 7 heteroatoms. The number of aromatic nitrogens is 1. The number of halogens is 2. The number of piperidine rings is 1. The van der Waals surface area contributed by atoms with Crippen molar-refractivity contribution in [1.82, 2.24) is 14.3 Å². The lowest BCUT2D eigenvalue weighted by atomic mass is 10.1. The lowest BCUT2D eigenvalue weighted by molar-refractivity contribution is 0.0856. The van der Waals surface area contributed by atoms with Crippen LogP contribution in [0.25, 0.3) is 10.9 Å². The molecule has 1 aromatic heterocycles. The van der Waals surface area contributed by atoms with Gasteiger partial charge in [0.25, 0.3) is 5.91 Å². The predicted molar refractivity (Wildman–Crippen MR) is 116 cm³/mol. The molecule has 0 bridgehead atoms. The van der Waals surface area contributed by atoms with E-state index >= 15 is 0 Å². The zero-order valence-electron chi connectivity index (χ0n) is 16.5. The second-order valence-corrected chi connectivity index (χ2v) is 8.11. The van der Waals surface area contributed by atoms with Gasteiger partial charge in [0.05, 0.1) is 6.54 Å². The van der Waals surface area contributed by atoms with Gasteiger partial charge in [-0.25, -0.2) is 8.81 Å². The van der Waals surface area contributed by atoms with Crippen molar-refractivity contribution < 1.29 is 9.18 Å². The second kappa shape index (κ2) is 8.98. The number of nitrogens with one attached hydrogen (secondary N) is 1. The van der Waals surface area contributed by atoms with E-state index in [4.69, 9.17) is 11.8 Å². The van der Waals surface area contributed by atoms with Gasteiger partial charge in [-0.05, 0) is 55.3 Å². The predicted octanol–water partition coefficient (Wildman–Crippen LogP) is 4.45. The molecule has 0 aliphatic carbocycles. The normalized spacial score (nSPS) is 14.7. The van der Waals surface area contributed by atoms with Crippen molar-refractivity contribution in [2.45, 2.75) is 32.4 Å². The summed E-state index contributed by atoms with van der Waals surface area (Å²) in [7, 11) is 0. The summed E-state index contributed by atoms with van der Waals surface area (Å²) in [5, 5.41) is 0.119. The minimum Gasteiger partial charge on any atom is -0.360 e. The Kier molecular flexibility index (Phi) is 6.16. The van der Waals surface area contributed by atoms with E-state index in [1.165, 1.54) is 43.2 Å². The molecular formula is C23H23ClFN3O2. The molecule has 0 atom stereocenters. The van der Waals surface area contributed by atoms with Crippen LogP contribution < -0.4 is 5.43 Å². The number of hydrogen-bond donors (Lipinski definition) is 1. The third kappa shape index (κ3) is 4.55. The molecule has 5 nitrogen and oxygen atoms in total. The van der Waals surface area contributed by atoms with Gasteiger partial charge in [-0.2, -0.15) is 0 Å². The van der Waals surface area contributed by atoms with Crippen LogP contribution in [0.15, 0.2) is 53.5 Å². The highest BCUT2D eigenvalue weighted by Crippen LogP contribution is 2.17. The highest BCUT2D eigenvalue weighted by Gasteiger charge is 2.19. The van der Waals surface area contributed by atoms with Crippen LogP contribution in [0.4, 0.5) is 4.39 Å². The van der Waals surface area contributed by atoms with Crippen LogP contribution in [0.3, 0.4) is 0 Å². The molecule has 0 radical (unpaired) electrons. The van der Waals surface area contributed by atoms with Crippen LogP contribution in [-0.4, -0.2) is 33.3 Å². The van der Waals surface area contributed by atoms with Crippen LogP contribution in [-0.2, 0) is 13.1 Å². The first-order valence-electron chi connectivity index (χ1n) is 10.1. The van der Waals surface area contributed by atoms with E-state index in [0.29, 0.717) is 5.52 Å². The fourth-order valence-electron chi connectivity index (χ4n) is 3.84. The zero-order chi connectivity index (χ0) is 21.1. The molecule has 4 rings (SSSR count). The van der Waals surface area contributed by atoms with Gasteiger partial charge in [0, 0.05) is 35.4 Å². The van der Waals surface area contributed by atoms with E-state index in [1.54, 1.807) is 0 Å². The van der Waals surface area contributed by atoms with Crippen LogP contribution in [0, 0.1) is 5.82 Å². The summed E-state index contributed by atoms with van der Waals surface area (Å²) in [6, 6.07) is 11.8. The average Bonchev–Trinajstić information content (AvgIpc) is 2.76. The highest BCUT2D eigenvalue weighted by atomic mass is 35.5. The van der Waals surface area contributed by atoms with Crippen LogP contribution in [0.2, 0.25) is 0 Å². The molecule has 2 aromatic carbocycles. The Bertz CT molecular complexity index is 1110. The molecule has 0 unspecified atom stereocenters. The number of nitrogens with zero attached hydrogens (tertiary/aromatic N) is 2. The fraction of sp³-hybridized carbons (Fsp3) is 0.304. The number of likely N-dealkylation sites (tertiary alicyclic amines) is 1. The number of fused-ring (bicyclic) bond motifs is 1. The largest absolute Gasteiger partial charge is 0.360 e. The summed E-state index contributed by atoms with van der Waals surface area (Å²) in [6.07, 6.45) is 5.13. The summed E-state index contributed by atoms with van der Waals surface area (Å²) in [5.74, 6) is -1.16. The summed E-state index contributed by atoms with van der Waals surface area (Å²) in [5.41, 5.74) is 1.88. The van der Waals surface area contributed by atoms with E-state index in [2.05, 4.69) is 9.88 Å². The zero-order valence-corrected chi connectivity index (χ0v) is 17.3. The van der Waals surface area contributed by atoms with Crippen molar-refractivity contribution in [2.75, 3.05) is 13.1 Å². The fourth-order valence-corrected chi connectivity index (χ4v) is 4.07. The molecule has 1 saturated heterocycles. The quantitative estimate of drug-likeness (QED) is 0.612. The number of carbonyl (C=O) groups is 1. The maximum atomic E-state index is 13.5. The smallest absolute Gasteiger partial charge is 0.274 e. The molecule has 1 aliphatic rings. The van der Waals surface area contributed by atoms with Gasteiger partial charge in [-0.1, -0.05) is 30.7 Å². The Hall–Kier alpha value is -2.70. The summed E-state index contributed by atoms with van der Waals surface area (Å²) in [4.78, 5) is 30.6. The molecule has 30 heavy (non-hydrogen) atoms. The second-order valence-electron chi connectivity index (χ2n) is 7.70. The van der Waals surface area contributed by atoms with Gasteiger partial charge in [0.2, 0.25) is 5.43 Å². The summed E-state index contributed by atoms with van der Waals surface area (Å²) >= 11 is 6.20. The van der Waals surface area contributed by atoms with Crippen LogP contribution >= 0.6 is 11.8 Å². The third-order valence-electron chi connectivity index (χ3n) is 5.49. The summed E-state index contributed by atoms with van der Waals surface area (Å²) < 4.78 is 14.5. The van der Waals surface area contributed by atoms with Crippen molar-refractivity contribution in [3.8, 4) is 0 Å². The molecule has 0 spiro atoms. The van der Waals surface area contributed by atoms with Crippen molar-refractivity contribution >= 4 is 28.6 Å². The molecule has 1 amide bonds. The molecule has 1 fully saturated rings. The Balaban J connectivity index is 1.45. The van der Waals surface area contributed by atoms with Gasteiger partial charge in [0.1, 0.15) is 11.4 Å². The number of aromatic amines is 1. The Morgan fingerprint density at radius 2 is 1.77 bits per heavy atom. The highest BCUT2D eigenvalue weighted by molar-refractivity contribution is 6.24. The third-order valence-corrected chi connectivity index (χ3v) is 5.77. The Morgan fingerprint density at radius 3 is 2.50 bits per heavy atom. The number of hydrogen-bond acceptors (Lipinski definition) is 3. The minimum atomic E-state index is -0.624. The first-order valence-corrected chi connectivity index (χ1v) is 10.4. The van der Waals surface area contributed by atoms with Crippen molar-refractivity contribution in [2.24, 2.45) is 0 Å². The topological polar surface area (TPSA) is 56.4 Å². The number of benzene rings is 2. The molecular weight excluding hydrogens is 405 g/mol. The van der Waals surface area contributed by atoms with Crippen LogP contribution in [0.1, 0.15) is 40.7 Å². The van der Waals surface area contributed by atoms with Gasteiger partial charge in [-0.3, -0.25) is 14.5 Å². The molecule has 2 heterocycles. The number of amides is 1. The van der Waals surface area contributed by atoms with Gasteiger partial charge < -0.3 is 4.98 Å². The Morgan fingerprint density at radius 1 is 1.07 bits per heavy atom. The van der Waals surface area contributed by atoms with Gasteiger partial charge in [-0.15, -0.1) is 0 Å². The first-order chi connectivity index (χ1) is 14.5. The van der Waals surface area contributed by atoms with E-state index in [0.717, 1.165) is 35.7 Å². The number of carbonyl (C=O) groups excluding carboxylic acids is 1. The Labute approximate surface area is 179 Å².